The second kappa shape index (κ2) is 8.61. The SMILES string of the molecule is Nc1n[nH]c2cc(-c3ccccc3C(=O)NC3CC3)nc(-c3ccc(Oc4ccccc4)cc3)c12. The maximum atomic E-state index is 12.9. The van der Waals surface area contributed by atoms with Gasteiger partial charge in [-0.1, -0.05) is 36.4 Å². The van der Waals surface area contributed by atoms with Crippen molar-refractivity contribution >= 4 is 22.6 Å². The predicted octanol–water partition coefficient (Wildman–Crippen LogP) is 5.56. The number of aromatic nitrogens is 3. The molecule has 0 aliphatic heterocycles. The summed E-state index contributed by atoms with van der Waals surface area (Å²) in [6.07, 6.45) is 2.05. The molecule has 1 saturated carbocycles. The fourth-order valence-electron chi connectivity index (χ4n) is 4.12. The summed E-state index contributed by atoms with van der Waals surface area (Å²) in [4.78, 5) is 17.9. The fourth-order valence-corrected chi connectivity index (χ4v) is 4.12. The summed E-state index contributed by atoms with van der Waals surface area (Å²) in [5.74, 6) is 1.77. The van der Waals surface area contributed by atoms with E-state index < -0.39 is 0 Å². The summed E-state index contributed by atoms with van der Waals surface area (Å²) in [5.41, 5.74) is 10.5. The number of carbonyl (C=O) groups excluding carboxylic acids is 1. The first kappa shape index (κ1) is 20.9. The number of nitrogens with two attached hydrogens (primary N) is 1. The molecule has 1 amide bonds. The van der Waals surface area contributed by atoms with Crippen molar-refractivity contribution in [3.63, 3.8) is 0 Å². The summed E-state index contributed by atoms with van der Waals surface area (Å²) >= 11 is 0. The van der Waals surface area contributed by atoms with Crippen molar-refractivity contribution in [3.8, 4) is 34.0 Å². The number of nitrogens with zero attached hydrogens (tertiary/aromatic N) is 2. The van der Waals surface area contributed by atoms with Gasteiger partial charge in [-0.15, -0.1) is 0 Å². The molecule has 35 heavy (non-hydrogen) atoms. The Hall–Kier alpha value is -4.65. The highest BCUT2D eigenvalue weighted by molar-refractivity contribution is 6.04. The van der Waals surface area contributed by atoms with Crippen LogP contribution in [0.2, 0.25) is 0 Å². The van der Waals surface area contributed by atoms with Gasteiger partial charge in [0.25, 0.3) is 5.91 Å². The number of benzene rings is 3. The number of aromatic amines is 1. The molecule has 6 rings (SSSR count). The van der Waals surface area contributed by atoms with E-state index in [0.29, 0.717) is 22.8 Å². The van der Waals surface area contributed by atoms with E-state index in [1.807, 2.05) is 84.9 Å². The number of hydrogen-bond donors (Lipinski definition) is 3. The number of ether oxygens (including phenoxy) is 1. The Labute approximate surface area is 202 Å². The molecule has 4 N–H and O–H groups in total. The molecule has 0 unspecified atom stereocenters. The van der Waals surface area contributed by atoms with Gasteiger partial charge in [-0.3, -0.25) is 9.89 Å². The standard InChI is InChI=1S/C28H23N5O2/c29-27-25-24(32-33-27)16-23(21-8-4-5-9-22(21)28(34)30-18-12-13-18)31-26(25)17-10-14-20(15-11-17)35-19-6-2-1-3-7-19/h1-11,14-16,18H,12-13H2,(H,30,34)(H3,29,32,33). The van der Waals surface area contributed by atoms with Crippen molar-refractivity contribution in [1.82, 2.24) is 20.5 Å². The third kappa shape index (κ3) is 4.19. The minimum atomic E-state index is -0.0851. The van der Waals surface area contributed by atoms with Gasteiger partial charge < -0.3 is 15.8 Å². The molecular weight excluding hydrogens is 438 g/mol. The zero-order valence-corrected chi connectivity index (χ0v) is 18.9. The Kier molecular flexibility index (Phi) is 5.15. The molecule has 1 aliphatic rings. The molecule has 2 aromatic heterocycles. The summed E-state index contributed by atoms with van der Waals surface area (Å²) < 4.78 is 5.93. The number of nitrogen functional groups attached to an aromatic ring is 1. The zero-order chi connectivity index (χ0) is 23.8. The summed E-state index contributed by atoms with van der Waals surface area (Å²) in [5, 5.41) is 11.0. The lowest BCUT2D eigenvalue weighted by Crippen LogP contribution is -2.25. The van der Waals surface area contributed by atoms with Crippen LogP contribution in [-0.4, -0.2) is 27.1 Å². The molecule has 3 aromatic carbocycles. The number of H-pyrrole nitrogens is 1. The van der Waals surface area contributed by atoms with Gasteiger partial charge in [-0.25, -0.2) is 4.98 Å². The van der Waals surface area contributed by atoms with Gasteiger partial charge >= 0.3 is 0 Å². The van der Waals surface area contributed by atoms with E-state index in [1.54, 1.807) is 0 Å². The van der Waals surface area contributed by atoms with Crippen LogP contribution in [0.1, 0.15) is 23.2 Å². The van der Waals surface area contributed by atoms with E-state index >= 15 is 0 Å². The highest BCUT2D eigenvalue weighted by atomic mass is 16.5. The van der Waals surface area contributed by atoms with Gasteiger partial charge in [0.15, 0.2) is 5.82 Å². The second-order valence-corrected chi connectivity index (χ2v) is 8.62. The van der Waals surface area contributed by atoms with Crippen molar-refractivity contribution in [3.05, 3.63) is 90.5 Å². The summed E-state index contributed by atoms with van der Waals surface area (Å²) in [7, 11) is 0. The predicted molar refractivity (Wildman–Crippen MR) is 136 cm³/mol. The number of anilines is 1. The van der Waals surface area contributed by atoms with Crippen LogP contribution in [-0.2, 0) is 0 Å². The van der Waals surface area contributed by atoms with Crippen molar-refractivity contribution in [2.45, 2.75) is 18.9 Å². The molecule has 0 spiro atoms. The van der Waals surface area contributed by atoms with Crippen LogP contribution in [0.4, 0.5) is 5.82 Å². The summed E-state index contributed by atoms with van der Waals surface area (Å²) in [6, 6.07) is 27.0. The van der Waals surface area contributed by atoms with Crippen molar-refractivity contribution in [2.75, 3.05) is 5.73 Å². The molecule has 172 valence electrons. The Morgan fingerprint density at radius 2 is 1.66 bits per heavy atom. The molecule has 2 heterocycles. The first-order valence-corrected chi connectivity index (χ1v) is 11.5. The minimum Gasteiger partial charge on any atom is -0.457 e. The van der Waals surface area contributed by atoms with Gasteiger partial charge in [-0.05, 0) is 61.4 Å². The van der Waals surface area contributed by atoms with E-state index in [2.05, 4.69) is 15.5 Å². The minimum absolute atomic E-state index is 0.0851. The van der Waals surface area contributed by atoms with Crippen molar-refractivity contribution in [2.24, 2.45) is 0 Å². The van der Waals surface area contributed by atoms with Gasteiger partial charge in [-0.2, -0.15) is 5.10 Å². The Balaban J connectivity index is 1.41. The third-order valence-electron chi connectivity index (χ3n) is 6.04. The average Bonchev–Trinajstić information content (AvgIpc) is 3.64. The van der Waals surface area contributed by atoms with Crippen LogP contribution >= 0.6 is 0 Å². The number of carbonyl (C=O) groups is 1. The highest BCUT2D eigenvalue weighted by Gasteiger charge is 2.25. The van der Waals surface area contributed by atoms with Crippen LogP contribution in [0, 0.1) is 0 Å². The normalized spacial score (nSPS) is 13.0. The Morgan fingerprint density at radius 1 is 0.943 bits per heavy atom. The molecule has 0 bridgehead atoms. The van der Waals surface area contributed by atoms with E-state index in [-0.39, 0.29) is 11.9 Å². The number of para-hydroxylation sites is 1. The first-order chi connectivity index (χ1) is 17.2. The molecule has 0 atom stereocenters. The summed E-state index contributed by atoms with van der Waals surface area (Å²) in [6.45, 7) is 0. The molecule has 0 radical (unpaired) electrons. The quantitative estimate of drug-likeness (QED) is 0.307. The maximum Gasteiger partial charge on any atom is 0.252 e. The maximum absolute atomic E-state index is 12.9. The van der Waals surface area contributed by atoms with Crippen LogP contribution in [0.3, 0.4) is 0 Å². The van der Waals surface area contributed by atoms with Crippen molar-refractivity contribution in [1.29, 1.82) is 0 Å². The van der Waals surface area contributed by atoms with Gasteiger partial charge in [0, 0.05) is 22.7 Å². The third-order valence-corrected chi connectivity index (χ3v) is 6.04. The van der Waals surface area contributed by atoms with E-state index in [9.17, 15) is 4.79 Å². The average molecular weight is 462 g/mol. The smallest absolute Gasteiger partial charge is 0.252 e. The zero-order valence-electron chi connectivity index (χ0n) is 18.9. The second-order valence-electron chi connectivity index (χ2n) is 8.62. The first-order valence-electron chi connectivity index (χ1n) is 11.5. The number of pyridine rings is 1. The Morgan fingerprint density at radius 3 is 2.43 bits per heavy atom. The molecule has 1 fully saturated rings. The molecule has 1 aliphatic carbocycles. The van der Waals surface area contributed by atoms with Crippen LogP contribution in [0.15, 0.2) is 84.9 Å². The largest absolute Gasteiger partial charge is 0.457 e. The lowest BCUT2D eigenvalue weighted by atomic mass is 10.0. The number of hydrogen-bond acceptors (Lipinski definition) is 5. The Bertz CT molecular complexity index is 1520. The van der Waals surface area contributed by atoms with Crippen LogP contribution in [0.5, 0.6) is 11.5 Å². The lowest BCUT2D eigenvalue weighted by molar-refractivity contribution is 0.0951. The molecule has 7 nitrogen and oxygen atoms in total. The molecule has 0 saturated heterocycles. The van der Waals surface area contributed by atoms with Crippen LogP contribution < -0.4 is 15.8 Å². The van der Waals surface area contributed by atoms with E-state index in [1.165, 1.54) is 0 Å². The van der Waals surface area contributed by atoms with E-state index in [4.69, 9.17) is 15.5 Å². The number of nitrogens with one attached hydrogen (secondary N) is 2. The number of fused-ring (bicyclic) bond motifs is 1. The van der Waals surface area contributed by atoms with Gasteiger partial charge in [0.1, 0.15) is 11.5 Å². The van der Waals surface area contributed by atoms with Crippen LogP contribution in [0.25, 0.3) is 33.4 Å². The van der Waals surface area contributed by atoms with Gasteiger partial charge in [0.2, 0.25) is 0 Å². The van der Waals surface area contributed by atoms with Gasteiger partial charge in [0.05, 0.1) is 22.3 Å². The lowest BCUT2D eigenvalue weighted by Gasteiger charge is -2.12. The monoisotopic (exact) mass is 461 g/mol. The topological polar surface area (TPSA) is 106 Å². The number of rotatable bonds is 6. The highest BCUT2D eigenvalue weighted by Crippen LogP contribution is 2.35. The molecule has 5 aromatic rings. The van der Waals surface area contributed by atoms with Crippen molar-refractivity contribution < 1.29 is 9.53 Å². The number of amides is 1. The fraction of sp³-hybridized carbons (Fsp3) is 0.107. The van der Waals surface area contributed by atoms with E-state index in [0.717, 1.165) is 46.4 Å². The molecular formula is C28H23N5O2. The molecule has 7 heteroatoms.